The first-order valence-corrected chi connectivity index (χ1v) is 12.3. The molecular weight excluding hydrogens is 414 g/mol. The van der Waals surface area contributed by atoms with Gasteiger partial charge in [-0.2, -0.15) is 0 Å². The number of aryl methyl sites for hydroxylation is 4. The highest BCUT2D eigenvalue weighted by Crippen LogP contribution is 2.28. The van der Waals surface area contributed by atoms with E-state index in [0.717, 1.165) is 49.4 Å². The number of rotatable bonds is 5. The van der Waals surface area contributed by atoms with Gasteiger partial charge in [0.2, 0.25) is 0 Å². The van der Waals surface area contributed by atoms with Crippen LogP contribution in [0.2, 0.25) is 0 Å². The first-order valence-electron chi connectivity index (χ1n) is 10.5. The molecule has 1 N–H and O–H groups in total. The first kappa shape index (κ1) is 21.1. The van der Waals surface area contributed by atoms with Crippen molar-refractivity contribution in [1.82, 2.24) is 14.9 Å². The van der Waals surface area contributed by atoms with Gasteiger partial charge in [-0.1, -0.05) is 12.5 Å². The Morgan fingerprint density at radius 1 is 1.20 bits per heavy atom. The van der Waals surface area contributed by atoms with Gasteiger partial charge in [0.05, 0.1) is 10.3 Å². The van der Waals surface area contributed by atoms with E-state index in [1.165, 1.54) is 27.4 Å². The number of hydrogen-bond donors (Lipinski definition) is 1. The van der Waals surface area contributed by atoms with Gasteiger partial charge in [0, 0.05) is 30.2 Å². The summed E-state index contributed by atoms with van der Waals surface area (Å²) in [6.45, 7) is 7.39. The molecule has 0 bridgehead atoms. The second-order valence-corrected chi connectivity index (χ2v) is 10.0. The molecule has 0 atom stereocenters. The first-order chi connectivity index (χ1) is 14.5. The lowest BCUT2D eigenvalue weighted by Crippen LogP contribution is -2.26. The Morgan fingerprint density at radius 2 is 2.03 bits per heavy atom. The maximum Gasteiger partial charge on any atom is 0.262 e. The number of hydrogen-bond acceptors (Lipinski definition) is 5. The number of fused-ring (bicyclic) bond motifs is 2. The quantitative estimate of drug-likeness (QED) is 0.463. The van der Waals surface area contributed by atoms with Crippen molar-refractivity contribution in [2.45, 2.75) is 57.9 Å². The molecule has 3 aromatic rings. The van der Waals surface area contributed by atoms with Crippen LogP contribution in [0.3, 0.4) is 0 Å². The Kier molecular flexibility index (Phi) is 6.29. The maximum atomic E-state index is 13.0. The van der Waals surface area contributed by atoms with Crippen molar-refractivity contribution >= 4 is 39.2 Å². The molecule has 3 heterocycles. The highest BCUT2D eigenvalue weighted by molar-refractivity contribution is 7.99. The third kappa shape index (κ3) is 4.18. The average Bonchev–Trinajstić information content (AvgIpc) is 2.89. The topological polar surface area (TPSA) is 64.0 Å². The lowest BCUT2D eigenvalue weighted by atomic mass is 10.1. The molecule has 0 saturated carbocycles. The molecule has 1 amide bonds. The molecule has 2 aromatic heterocycles. The van der Waals surface area contributed by atoms with Gasteiger partial charge < -0.3 is 5.32 Å². The standard InChI is InChI=1S/C23H27N3O2S2/c1-14-8-9-17(13-15(14)2)29-12-10-24-21(27)20-16(3)19-22(30-20)25-18-7-5-4-6-11-26(18)23(19)28/h8-9,13H,4-7,10-12H2,1-3H3,(H,24,27). The van der Waals surface area contributed by atoms with Crippen molar-refractivity contribution in [3.8, 4) is 0 Å². The van der Waals surface area contributed by atoms with Gasteiger partial charge in [-0.25, -0.2) is 4.98 Å². The summed E-state index contributed by atoms with van der Waals surface area (Å²) in [5.74, 6) is 1.55. The summed E-state index contributed by atoms with van der Waals surface area (Å²) in [6.07, 6.45) is 4.03. The van der Waals surface area contributed by atoms with Crippen LogP contribution < -0.4 is 10.9 Å². The minimum Gasteiger partial charge on any atom is -0.350 e. The zero-order chi connectivity index (χ0) is 21.3. The SMILES string of the molecule is Cc1ccc(SCCNC(=O)c2sc3nc4n(c(=O)c3c2C)CCCCC4)cc1C. The molecule has 1 aromatic carbocycles. The van der Waals surface area contributed by atoms with Crippen LogP contribution in [0.25, 0.3) is 10.2 Å². The van der Waals surface area contributed by atoms with Gasteiger partial charge >= 0.3 is 0 Å². The normalized spacial score (nSPS) is 13.8. The Labute approximate surface area is 184 Å². The smallest absolute Gasteiger partial charge is 0.262 e. The predicted molar refractivity (Wildman–Crippen MR) is 125 cm³/mol. The Morgan fingerprint density at radius 3 is 2.83 bits per heavy atom. The molecule has 0 unspecified atom stereocenters. The van der Waals surface area contributed by atoms with Crippen LogP contribution in [0.15, 0.2) is 27.9 Å². The third-order valence-electron chi connectivity index (χ3n) is 5.75. The molecule has 1 aliphatic rings. The largest absolute Gasteiger partial charge is 0.350 e. The molecule has 5 nitrogen and oxygen atoms in total. The Bertz CT molecular complexity index is 1160. The zero-order valence-electron chi connectivity index (χ0n) is 17.7. The highest BCUT2D eigenvalue weighted by Gasteiger charge is 2.22. The van der Waals surface area contributed by atoms with E-state index in [-0.39, 0.29) is 11.5 Å². The fraction of sp³-hybridized carbons (Fsp3) is 0.435. The number of carbonyl (C=O) groups is 1. The minimum atomic E-state index is -0.115. The number of benzene rings is 1. The molecule has 1 aliphatic heterocycles. The molecule has 7 heteroatoms. The van der Waals surface area contributed by atoms with Gasteiger partial charge in [-0.05, 0) is 62.4 Å². The van der Waals surface area contributed by atoms with E-state index in [2.05, 4.69) is 37.4 Å². The zero-order valence-corrected chi connectivity index (χ0v) is 19.3. The van der Waals surface area contributed by atoms with E-state index < -0.39 is 0 Å². The van der Waals surface area contributed by atoms with Crippen molar-refractivity contribution in [3.63, 3.8) is 0 Å². The van der Waals surface area contributed by atoms with Gasteiger partial charge in [0.1, 0.15) is 10.7 Å². The number of nitrogens with zero attached hydrogens (tertiary/aromatic N) is 2. The van der Waals surface area contributed by atoms with Crippen molar-refractivity contribution < 1.29 is 4.79 Å². The van der Waals surface area contributed by atoms with Gasteiger partial charge in [0.25, 0.3) is 11.5 Å². The molecule has 158 valence electrons. The lowest BCUT2D eigenvalue weighted by molar-refractivity contribution is 0.0959. The number of thiophene rings is 1. The van der Waals surface area contributed by atoms with Crippen molar-refractivity contribution in [2.24, 2.45) is 0 Å². The lowest BCUT2D eigenvalue weighted by Gasteiger charge is -2.08. The second kappa shape index (κ2) is 8.94. The fourth-order valence-corrected chi connectivity index (χ4v) is 5.81. The van der Waals surface area contributed by atoms with E-state index in [0.29, 0.717) is 21.6 Å². The summed E-state index contributed by atoms with van der Waals surface area (Å²) >= 11 is 3.07. The van der Waals surface area contributed by atoms with Crippen molar-refractivity contribution in [3.05, 3.63) is 55.9 Å². The monoisotopic (exact) mass is 441 g/mol. The van der Waals surface area contributed by atoms with Crippen LogP contribution in [-0.4, -0.2) is 27.8 Å². The summed E-state index contributed by atoms with van der Waals surface area (Å²) in [4.78, 5) is 33.1. The predicted octanol–water partition coefficient (Wildman–Crippen LogP) is 4.63. The second-order valence-electron chi connectivity index (χ2n) is 7.88. The van der Waals surface area contributed by atoms with Crippen LogP contribution in [0, 0.1) is 20.8 Å². The number of amides is 1. The van der Waals surface area contributed by atoms with Gasteiger partial charge in [-0.15, -0.1) is 23.1 Å². The fourth-order valence-electron chi connectivity index (χ4n) is 3.84. The van der Waals surface area contributed by atoms with Crippen LogP contribution in [0.5, 0.6) is 0 Å². The summed E-state index contributed by atoms with van der Waals surface area (Å²) in [7, 11) is 0. The van der Waals surface area contributed by atoms with Crippen molar-refractivity contribution in [2.75, 3.05) is 12.3 Å². The van der Waals surface area contributed by atoms with E-state index in [4.69, 9.17) is 4.98 Å². The number of nitrogens with one attached hydrogen (secondary N) is 1. The maximum absolute atomic E-state index is 13.0. The number of thioether (sulfide) groups is 1. The summed E-state index contributed by atoms with van der Waals surface area (Å²) in [5.41, 5.74) is 3.33. The third-order valence-corrected chi connectivity index (χ3v) is 7.93. The highest BCUT2D eigenvalue weighted by atomic mass is 32.2. The molecule has 0 aliphatic carbocycles. The summed E-state index contributed by atoms with van der Waals surface area (Å²) in [5, 5.41) is 3.62. The van der Waals surface area contributed by atoms with Gasteiger partial charge in [0.15, 0.2) is 0 Å². The summed E-state index contributed by atoms with van der Waals surface area (Å²) in [6, 6.07) is 6.43. The number of carbonyl (C=O) groups excluding carboxylic acids is 1. The van der Waals surface area contributed by atoms with E-state index >= 15 is 0 Å². The van der Waals surface area contributed by atoms with Gasteiger partial charge in [-0.3, -0.25) is 14.2 Å². The van der Waals surface area contributed by atoms with Crippen LogP contribution >= 0.6 is 23.1 Å². The van der Waals surface area contributed by atoms with Crippen LogP contribution in [0.1, 0.15) is 51.4 Å². The van der Waals surface area contributed by atoms with Crippen molar-refractivity contribution in [1.29, 1.82) is 0 Å². The average molecular weight is 442 g/mol. The van der Waals surface area contributed by atoms with E-state index in [9.17, 15) is 9.59 Å². The molecule has 4 rings (SSSR count). The molecule has 0 radical (unpaired) electrons. The Balaban J connectivity index is 1.46. The molecule has 0 saturated heterocycles. The van der Waals surface area contributed by atoms with Crippen LogP contribution in [-0.2, 0) is 13.0 Å². The van der Waals surface area contributed by atoms with E-state index in [1.54, 1.807) is 11.8 Å². The molecule has 30 heavy (non-hydrogen) atoms. The molecular formula is C23H27N3O2S2. The minimum absolute atomic E-state index is 0.00926. The Hall–Kier alpha value is -2.12. The molecule has 0 fully saturated rings. The van der Waals surface area contributed by atoms with Crippen LogP contribution in [0.4, 0.5) is 0 Å². The summed E-state index contributed by atoms with van der Waals surface area (Å²) < 4.78 is 1.82. The molecule has 0 spiro atoms. The number of aromatic nitrogens is 2. The van der Waals surface area contributed by atoms with E-state index in [1.807, 2.05) is 11.5 Å².